The van der Waals surface area contributed by atoms with Crippen molar-refractivity contribution < 1.29 is 8.42 Å². The minimum absolute atomic E-state index is 0.0782. The molecule has 0 aromatic carbocycles. The Labute approximate surface area is 115 Å². The number of pyridine rings is 1. The molecule has 0 spiro atoms. The van der Waals surface area contributed by atoms with E-state index in [1.807, 2.05) is 13.8 Å². The number of hydrogen-bond donors (Lipinski definition) is 1. The van der Waals surface area contributed by atoms with Gasteiger partial charge in [0.25, 0.3) is 0 Å². The average molecular weight is 283 g/mol. The third kappa shape index (κ3) is 3.06. The molecule has 19 heavy (non-hydrogen) atoms. The minimum atomic E-state index is -3.40. The summed E-state index contributed by atoms with van der Waals surface area (Å²) in [6, 6.07) is 3.26. The van der Waals surface area contributed by atoms with Crippen LogP contribution in [0.1, 0.15) is 33.1 Å². The van der Waals surface area contributed by atoms with Crippen LogP contribution in [0.4, 0.5) is 5.82 Å². The van der Waals surface area contributed by atoms with Crippen LogP contribution in [-0.4, -0.2) is 36.8 Å². The number of sulfonamides is 1. The van der Waals surface area contributed by atoms with Gasteiger partial charge in [0.15, 0.2) is 0 Å². The Morgan fingerprint density at radius 3 is 2.95 bits per heavy atom. The van der Waals surface area contributed by atoms with E-state index in [0.29, 0.717) is 17.3 Å². The van der Waals surface area contributed by atoms with Crippen LogP contribution in [0.3, 0.4) is 0 Å². The fourth-order valence-corrected chi connectivity index (χ4v) is 4.13. The molecule has 1 aromatic heterocycles. The van der Waals surface area contributed by atoms with Crippen molar-refractivity contribution >= 4 is 15.8 Å². The molecule has 1 aliphatic heterocycles. The summed E-state index contributed by atoms with van der Waals surface area (Å²) in [6.07, 6.45) is 4.52. The van der Waals surface area contributed by atoms with Crippen molar-refractivity contribution in [1.29, 1.82) is 0 Å². The van der Waals surface area contributed by atoms with Crippen molar-refractivity contribution in [3.8, 4) is 0 Å². The topological polar surface area (TPSA) is 62.3 Å². The maximum atomic E-state index is 12.6. The van der Waals surface area contributed by atoms with Crippen molar-refractivity contribution in [3.63, 3.8) is 0 Å². The van der Waals surface area contributed by atoms with Crippen molar-refractivity contribution in [2.75, 3.05) is 18.4 Å². The van der Waals surface area contributed by atoms with Crippen LogP contribution in [0.5, 0.6) is 0 Å². The summed E-state index contributed by atoms with van der Waals surface area (Å²) < 4.78 is 26.9. The van der Waals surface area contributed by atoms with Gasteiger partial charge in [-0.2, -0.15) is 4.31 Å². The van der Waals surface area contributed by atoms with Crippen molar-refractivity contribution in [1.82, 2.24) is 9.29 Å². The number of hydrogen-bond acceptors (Lipinski definition) is 4. The second-order valence-electron chi connectivity index (χ2n) is 4.87. The molecule has 2 rings (SSSR count). The van der Waals surface area contributed by atoms with E-state index in [-0.39, 0.29) is 6.04 Å². The first-order chi connectivity index (χ1) is 9.05. The van der Waals surface area contributed by atoms with E-state index in [2.05, 4.69) is 10.3 Å². The number of piperidine rings is 1. The van der Waals surface area contributed by atoms with E-state index in [9.17, 15) is 8.42 Å². The maximum Gasteiger partial charge on any atom is 0.243 e. The smallest absolute Gasteiger partial charge is 0.243 e. The summed E-state index contributed by atoms with van der Waals surface area (Å²) in [4.78, 5) is 4.44. The Kier molecular flexibility index (Phi) is 4.42. The van der Waals surface area contributed by atoms with Crippen LogP contribution in [-0.2, 0) is 10.0 Å². The first-order valence-electron chi connectivity index (χ1n) is 6.77. The summed E-state index contributed by atoms with van der Waals surface area (Å²) in [7, 11) is -3.40. The normalized spacial score (nSPS) is 21.3. The Balaban J connectivity index is 2.30. The maximum absolute atomic E-state index is 12.6. The zero-order valence-electron chi connectivity index (χ0n) is 11.5. The van der Waals surface area contributed by atoms with Gasteiger partial charge in [0.1, 0.15) is 5.82 Å². The van der Waals surface area contributed by atoms with Gasteiger partial charge in [-0.1, -0.05) is 6.42 Å². The molecule has 1 saturated heterocycles. The van der Waals surface area contributed by atoms with Crippen LogP contribution in [0.25, 0.3) is 0 Å². The van der Waals surface area contributed by atoms with E-state index in [1.54, 1.807) is 22.6 Å². The fourth-order valence-electron chi connectivity index (χ4n) is 2.41. The Morgan fingerprint density at radius 2 is 2.26 bits per heavy atom. The first-order valence-corrected chi connectivity index (χ1v) is 8.21. The SMILES string of the molecule is CCNc1cc(S(=O)(=O)N2CCCCC2C)ccn1. The lowest BCUT2D eigenvalue weighted by Crippen LogP contribution is -2.41. The highest BCUT2D eigenvalue weighted by Gasteiger charge is 2.31. The molecule has 1 unspecified atom stereocenters. The van der Waals surface area contributed by atoms with Crippen LogP contribution < -0.4 is 5.32 Å². The monoisotopic (exact) mass is 283 g/mol. The lowest BCUT2D eigenvalue weighted by Gasteiger charge is -2.32. The van der Waals surface area contributed by atoms with Gasteiger partial charge >= 0.3 is 0 Å². The quantitative estimate of drug-likeness (QED) is 0.919. The first kappa shape index (κ1) is 14.3. The molecule has 1 N–H and O–H groups in total. The minimum Gasteiger partial charge on any atom is -0.370 e. The molecule has 1 fully saturated rings. The van der Waals surface area contributed by atoms with Gasteiger partial charge < -0.3 is 5.32 Å². The van der Waals surface area contributed by atoms with Gasteiger partial charge in [-0.3, -0.25) is 0 Å². The van der Waals surface area contributed by atoms with Gasteiger partial charge in [-0.25, -0.2) is 13.4 Å². The van der Waals surface area contributed by atoms with Crippen LogP contribution in [0.15, 0.2) is 23.2 Å². The molecule has 6 heteroatoms. The van der Waals surface area contributed by atoms with Crippen LogP contribution in [0.2, 0.25) is 0 Å². The van der Waals surface area contributed by atoms with Gasteiger partial charge in [0.05, 0.1) is 4.90 Å². The number of rotatable bonds is 4. The molecule has 1 atom stereocenters. The second kappa shape index (κ2) is 5.88. The van der Waals surface area contributed by atoms with Gasteiger partial charge in [-0.05, 0) is 32.8 Å². The van der Waals surface area contributed by atoms with E-state index in [1.165, 1.54) is 0 Å². The largest absolute Gasteiger partial charge is 0.370 e. The summed E-state index contributed by atoms with van der Waals surface area (Å²) in [6.45, 7) is 5.26. The highest BCUT2D eigenvalue weighted by atomic mass is 32.2. The Hall–Kier alpha value is -1.14. The average Bonchev–Trinajstić information content (AvgIpc) is 2.40. The number of nitrogens with one attached hydrogen (secondary N) is 1. The molecule has 106 valence electrons. The molecule has 0 radical (unpaired) electrons. The highest BCUT2D eigenvalue weighted by Crippen LogP contribution is 2.25. The zero-order chi connectivity index (χ0) is 13.9. The third-order valence-electron chi connectivity index (χ3n) is 3.44. The predicted octanol–water partition coefficient (Wildman–Crippen LogP) is 2.08. The molecule has 0 saturated carbocycles. The molecule has 0 aliphatic carbocycles. The molecule has 0 amide bonds. The lowest BCUT2D eigenvalue weighted by atomic mass is 10.1. The van der Waals surface area contributed by atoms with E-state index in [0.717, 1.165) is 25.8 Å². The molecule has 5 nitrogen and oxygen atoms in total. The van der Waals surface area contributed by atoms with Crippen molar-refractivity contribution in [2.24, 2.45) is 0 Å². The molecular formula is C13H21N3O2S. The van der Waals surface area contributed by atoms with Gasteiger partial charge in [0.2, 0.25) is 10.0 Å². The fraction of sp³-hybridized carbons (Fsp3) is 0.615. The number of aromatic nitrogens is 1. The van der Waals surface area contributed by atoms with Crippen LogP contribution in [0, 0.1) is 0 Å². The molecule has 0 bridgehead atoms. The lowest BCUT2D eigenvalue weighted by molar-refractivity contribution is 0.268. The van der Waals surface area contributed by atoms with Crippen molar-refractivity contribution in [3.05, 3.63) is 18.3 Å². The predicted molar refractivity (Wildman–Crippen MR) is 75.6 cm³/mol. The molecule has 1 aliphatic rings. The number of nitrogens with zero attached hydrogens (tertiary/aromatic N) is 2. The molecule has 1 aromatic rings. The van der Waals surface area contributed by atoms with E-state index in [4.69, 9.17) is 0 Å². The Morgan fingerprint density at radius 1 is 1.47 bits per heavy atom. The van der Waals surface area contributed by atoms with Crippen molar-refractivity contribution in [2.45, 2.75) is 44.0 Å². The Bertz CT molecular complexity index is 530. The summed E-state index contributed by atoms with van der Waals surface area (Å²) in [5.74, 6) is 0.605. The summed E-state index contributed by atoms with van der Waals surface area (Å²) >= 11 is 0. The number of anilines is 1. The highest BCUT2D eigenvalue weighted by molar-refractivity contribution is 7.89. The standard InChI is InChI=1S/C13H21N3O2S/c1-3-14-13-10-12(7-8-15-13)19(17,18)16-9-5-4-6-11(16)2/h7-8,10-11H,3-6,9H2,1-2H3,(H,14,15). The second-order valence-corrected chi connectivity index (χ2v) is 6.76. The van der Waals surface area contributed by atoms with Gasteiger partial charge in [-0.15, -0.1) is 0 Å². The van der Waals surface area contributed by atoms with Crippen LogP contribution >= 0.6 is 0 Å². The summed E-state index contributed by atoms with van der Waals surface area (Å²) in [5.41, 5.74) is 0. The van der Waals surface area contributed by atoms with E-state index >= 15 is 0 Å². The molecule has 2 heterocycles. The third-order valence-corrected chi connectivity index (χ3v) is 5.45. The zero-order valence-corrected chi connectivity index (χ0v) is 12.3. The summed E-state index contributed by atoms with van der Waals surface area (Å²) in [5, 5.41) is 3.04. The molecular weight excluding hydrogens is 262 g/mol. The van der Waals surface area contributed by atoms with Gasteiger partial charge in [0, 0.05) is 31.4 Å². The van der Waals surface area contributed by atoms with E-state index < -0.39 is 10.0 Å².